The Labute approximate surface area is 151 Å². The summed E-state index contributed by atoms with van der Waals surface area (Å²) in [4.78, 5) is 14.5. The summed E-state index contributed by atoms with van der Waals surface area (Å²) >= 11 is 0. The summed E-state index contributed by atoms with van der Waals surface area (Å²) in [5.74, 6) is 1.12. The number of morpholine rings is 1. The van der Waals surface area contributed by atoms with Gasteiger partial charge >= 0.3 is 0 Å². The molecule has 0 saturated carbocycles. The van der Waals surface area contributed by atoms with Crippen LogP contribution in [-0.4, -0.2) is 38.4 Å². The fourth-order valence-electron chi connectivity index (χ4n) is 3.00. The van der Waals surface area contributed by atoms with Crippen molar-refractivity contribution < 1.29 is 13.9 Å². The number of nitrogens with one attached hydrogen (secondary N) is 1. The van der Waals surface area contributed by atoms with Gasteiger partial charge < -0.3 is 14.1 Å². The molecule has 0 spiro atoms. The van der Waals surface area contributed by atoms with E-state index in [-0.39, 0.29) is 5.91 Å². The molecule has 1 aliphatic rings. The van der Waals surface area contributed by atoms with E-state index in [4.69, 9.17) is 9.15 Å². The van der Waals surface area contributed by atoms with Crippen molar-refractivity contribution in [1.82, 2.24) is 5.43 Å². The van der Waals surface area contributed by atoms with Gasteiger partial charge in [0.15, 0.2) is 5.88 Å². The summed E-state index contributed by atoms with van der Waals surface area (Å²) in [6.45, 7) is 3.01. The first-order valence-corrected chi connectivity index (χ1v) is 8.55. The summed E-state index contributed by atoms with van der Waals surface area (Å²) in [7, 11) is 0. The monoisotopic (exact) mass is 349 g/mol. The lowest BCUT2D eigenvalue weighted by atomic mass is 10.0. The fraction of sp³-hybridized carbons (Fsp3) is 0.200. The number of carbonyl (C=O) groups is 1. The van der Waals surface area contributed by atoms with Gasteiger partial charge in [0.2, 0.25) is 0 Å². The van der Waals surface area contributed by atoms with E-state index in [1.54, 1.807) is 6.07 Å². The zero-order chi connectivity index (χ0) is 17.8. The number of carbonyl (C=O) groups excluding carboxylic acids is 1. The van der Waals surface area contributed by atoms with E-state index in [1.165, 1.54) is 6.21 Å². The molecule has 2 heterocycles. The van der Waals surface area contributed by atoms with Gasteiger partial charge in [0.1, 0.15) is 5.76 Å². The molecule has 6 nitrogen and oxygen atoms in total. The first-order valence-electron chi connectivity index (χ1n) is 8.55. The average molecular weight is 349 g/mol. The normalized spacial score (nSPS) is 14.8. The zero-order valence-electron chi connectivity index (χ0n) is 14.2. The standard InChI is InChI=1S/C20H19N3O3/c24-20(18-7-3-5-15-4-1-2-6-17(15)18)22-21-14-16-8-9-19(26-16)23-10-12-25-13-11-23/h1-9,14H,10-13H2,(H,22,24)/b21-14-. The number of hydrazone groups is 1. The Balaban J connectivity index is 1.43. The third-order valence-corrected chi connectivity index (χ3v) is 4.33. The molecule has 0 atom stereocenters. The minimum Gasteiger partial charge on any atom is -0.440 e. The van der Waals surface area contributed by atoms with Gasteiger partial charge in [-0.3, -0.25) is 4.79 Å². The second-order valence-corrected chi connectivity index (χ2v) is 6.00. The number of fused-ring (bicyclic) bond motifs is 1. The van der Waals surface area contributed by atoms with Gasteiger partial charge in [-0.05, 0) is 22.9 Å². The Morgan fingerprint density at radius 2 is 1.85 bits per heavy atom. The van der Waals surface area contributed by atoms with Crippen molar-refractivity contribution in [3.05, 3.63) is 65.9 Å². The molecule has 1 aromatic heterocycles. The number of hydrogen-bond acceptors (Lipinski definition) is 5. The Morgan fingerprint density at radius 1 is 1.04 bits per heavy atom. The summed E-state index contributed by atoms with van der Waals surface area (Å²) < 4.78 is 11.1. The molecule has 26 heavy (non-hydrogen) atoms. The molecule has 0 radical (unpaired) electrons. The molecule has 2 aromatic carbocycles. The van der Waals surface area contributed by atoms with Crippen LogP contribution in [0.25, 0.3) is 10.8 Å². The minimum atomic E-state index is -0.252. The van der Waals surface area contributed by atoms with Crippen LogP contribution in [0, 0.1) is 0 Å². The molecule has 0 aliphatic carbocycles. The van der Waals surface area contributed by atoms with E-state index in [0.717, 1.165) is 29.7 Å². The smallest absolute Gasteiger partial charge is 0.271 e. The van der Waals surface area contributed by atoms with E-state index in [1.807, 2.05) is 48.5 Å². The number of nitrogens with zero attached hydrogens (tertiary/aromatic N) is 2. The number of ether oxygens (including phenoxy) is 1. The van der Waals surface area contributed by atoms with Crippen LogP contribution < -0.4 is 10.3 Å². The van der Waals surface area contributed by atoms with Crippen molar-refractivity contribution in [1.29, 1.82) is 0 Å². The van der Waals surface area contributed by atoms with E-state index < -0.39 is 0 Å². The van der Waals surface area contributed by atoms with Crippen LogP contribution >= 0.6 is 0 Å². The molecule has 1 saturated heterocycles. The maximum Gasteiger partial charge on any atom is 0.271 e. The van der Waals surface area contributed by atoms with Gasteiger partial charge in [-0.1, -0.05) is 36.4 Å². The highest BCUT2D eigenvalue weighted by molar-refractivity contribution is 6.07. The predicted molar refractivity (Wildman–Crippen MR) is 101 cm³/mol. The van der Waals surface area contributed by atoms with Crippen molar-refractivity contribution in [2.45, 2.75) is 0 Å². The van der Waals surface area contributed by atoms with E-state index in [2.05, 4.69) is 15.4 Å². The summed E-state index contributed by atoms with van der Waals surface area (Å²) in [5, 5.41) is 5.94. The van der Waals surface area contributed by atoms with Crippen molar-refractivity contribution in [2.24, 2.45) is 5.10 Å². The molecule has 1 N–H and O–H groups in total. The summed E-state index contributed by atoms with van der Waals surface area (Å²) in [6.07, 6.45) is 1.51. The predicted octanol–water partition coefficient (Wildman–Crippen LogP) is 3.03. The average Bonchev–Trinajstić information content (AvgIpc) is 3.17. The molecule has 1 amide bonds. The first kappa shape index (κ1) is 16.4. The second kappa shape index (κ2) is 7.41. The molecular formula is C20H19N3O3. The summed E-state index contributed by atoms with van der Waals surface area (Å²) in [5.41, 5.74) is 3.16. The maximum absolute atomic E-state index is 12.4. The minimum absolute atomic E-state index is 0.252. The third-order valence-electron chi connectivity index (χ3n) is 4.33. The van der Waals surface area contributed by atoms with Crippen molar-refractivity contribution >= 4 is 28.8 Å². The SMILES string of the molecule is O=C(N/N=C\c1ccc(N2CCOCC2)o1)c1cccc2ccccc12. The molecule has 6 heteroatoms. The van der Waals surface area contributed by atoms with Gasteiger partial charge in [-0.25, -0.2) is 5.43 Å². The van der Waals surface area contributed by atoms with Crippen molar-refractivity contribution in [3.8, 4) is 0 Å². The lowest BCUT2D eigenvalue weighted by Crippen LogP contribution is -2.35. The van der Waals surface area contributed by atoms with Gasteiger partial charge in [0.25, 0.3) is 5.91 Å². The first-order chi connectivity index (χ1) is 12.8. The highest BCUT2D eigenvalue weighted by atomic mass is 16.5. The van der Waals surface area contributed by atoms with Gasteiger partial charge in [0.05, 0.1) is 19.4 Å². The highest BCUT2D eigenvalue weighted by Gasteiger charge is 2.14. The molecule has 132 valence electrons. The number of benzene rings is 2. The zero-order valence-corrected chi connectivity index (χ0v) is 14.2. The van der Waals surface area contributed by atoms with Crippen LogP contribution in [0.1, 0.15) is 16.1 Å². The van der Waals surface area contributed by atoms with Crippen LogP contribution in [0.3, 0.4) is 0 Å². The fourth-order valence-corrected chi connectivity index (χ4v) is 3.00. The van der Waals surface area contributed by atoms with E-state index in [9.17, 15) is 4.79 Å². The van der Waals surface area contributed by atoms with Gasteiger partial charge in [-0.2, -0.15) is 5.10 Å². The van der Waals surface area contributed by atoms with Crippen molar-refractivity contribution in [3.63, 3.8) is 0 Å². The third kappa shape index (κ3) is 3.45. The van der Waals surface area contributed by atoms with Crippen LogP contribution in [0.2, 0.25) is 0 Å². The Bertz CT molecular complexity index is 937. The van der Waals surface area contributed by atoms with Crippen LogP contribution in [0.15, 0.2) is 64.1 Å². The van der Waals surface area contributed by atoms with Crippen LogP contribution in [-0.2, 0) is 4.74 Å². The molecular weight excluding hydrogens is 330 g/mol. The van der Waals surface area contributed by atoms with Gasteiger partial charge in [0, 0.05) is 24.7 Å². The molecule has 1 aliphatic heterocycles. The molecule has 4 rings (SSSR count). The number of furan rings is 1. The Hall–Kier alpha value is -3.12. The number of anilines is 1. The van der Waals surface area contributed by atoms with E-state index in [0.29, 0.717) is 24.5 Å². The summed E-state index contributed by atoms with van der Waals surface area (Å²) in [6, 6.07) is 17.1. The topological polar surface area (TPSA) is 67.1 Å². The number of amides is 1. The second-order valence-electron chi connectivity index (χ2n) is 6.00. The Kier molecular flexibility index (Phi) is 4.66. The van der Waals surface area contributed by atoms with Crippen molar-refractivity contribution in [2.75, 3.05) is 31.2 Å². The van der Waals surface area contributed by atoms with Gasteiger partial charge in [-0.15, -0.1) is 0 Å². The maximum atomic E-state index is 12.4. The molecule has 3 aromatic rings. The molecule has 0 unspecified atom stereocenters. The lowest BCUT2D eigenvalue weighted by Gasteiger charge is -2.26. The largest absolute Gasteiger partial charge is 0.440 e. The highest BCUT2D eigenvalue weighted by Crippen LogP contribution is 2.19. The van der Waals surface area contributed by atoms with Crippen LogP contribution in [0.4, 0.5) is 5.88 Å². The number of hydrogen-bond donors (Lipinski definition) is 1. The molecule has 1 fully saturated rings. The van der Waals surface area contributed by atoms with Crippen LogP contribution in [0.5, 0.6) is 0 Å². The Morgan fingerprint density at radius 3 is 2.73 bits per heavy atom. The lowest BCUT2D eigenvalue weighted by molar-refractivity contribution is 0.0956. The number of rotatable bonds is 4. The molecule has 0 bridgehead atoms. The quantitative estimate of drug-likeness (QED) is 0.581. The van der Waals surface area contributed by atoms with E-state index >= 15 is 0 Å².